The first-order valence-corrected chi connectivity index (χ1v) is 17.0. The highest BCUT2D eigenvalue weighted by Crippen LogP contribution is 2.52. The third-order valence-electron chi connectivity index (χ3n) is 10.2. The number of hydrogen-bond donors (Lipinski definition) is 0. The maximum Gasteiger partial charge on any atom is 0.0546 e. The summed E-state index contributed by atoms with van der Waals surface area (Å²) in [6.45, 7) is 11.7. The Labute approximate surface area is 285 Å². The lowest BCUT2D eigenvalue weighted by Crippen LogP contribution is -2.18. The molecule has 7 aromatic carbocycles. The van der Waals surface area contributed by atoms with Gasteiger partial charge in [0, 0.05) is 22.2 Å². The Kier molecular flexibility index (Phi) is 7.11. The minimum atomic E-state index is -0.113. The van der Waals surface area contributed by atoms with E-state index in [1.807, 2.05) is 0 Å². The van der Waals surface area contributed by atoms with Gasteiger partial charge in [-0.05, 0) is 85.5 Å². The van der Waals surface area contributed by atoms with Crippen molar-refractivity contribution < 1.29 is 0 Å². The zero-order valence-corrected chi connectivity index (χ0v) is 28.5. The maximum absolute atomic E-state index is 2.52. The van der Waals surface area contributed by atoms with E-state index in [1.54, 1.807) is 0 Å². The van der Waals surface area contributed by atoms with Crippen molar-refractivity contribution >= 4 is 27.8 Å². The summed E-state index contributed by atoms with van der Waals surface area (Å²) in [6.07, 6.45) is 0. The average molecular weight is 620 g/mol. The molecule has 1 heteroatoms. The molecular weight excluding hydrogens is 579 g/mol. The zero-order valence-electron chi connectivity index (χ0n) is 28.5. The Morgan fingerprint density at radius 1 is 0.438 bits per heavy atom. The van der Waals surface area contributed by atoms with Crippen molar-refractivity contribution in [2.24, 2.45) is 0 Å². The lowest BCUT2D eigenvalue weighted by Gasteiger charge is -2.33. The second-order valence-electron chi connectivity index (χ2n) is 14.6. The molecule has 1 aliphatic carbocycles. The van der Waals surface area contributed by atoms with Gasteiger partial charge in [-0.1, -0.05) is 162 Å². The summed E-state index contributed by atoms with van der Waals surface area (Å²) in [5.41, 5.74) is 15.0. The highest BCUT2D eigenvalue weighted by molar-refractivity contribution is 6.01. The molecule has 0 heterocycles. The lowest BCUT2D eigenvalue weighted by atomic mass is 9.81. The topological polar surface area (TPSA) is 3.24 Å². The van der Waals surface area contributed by atoms with Gasteiger partial charge in [-0.3, -0.25) is 0 Å². The summed E-state index contributed by atoms with van der Waals surface area (Å²) >= 11 is 0. The number of hydrogen-bond acceptors (Lipinski definition) is 1. The summed E-state index contributed by atoms with van der Waals surface area (Å²) in [7, 11) is 0. The van der Waals surface area contributed by atoms with Crippen LogP contribution in [-0.4, -0.2) is 0 Å². The SMILES string of the molecule is CC(C)(C)c1ccccc1-c1cc2ccccc2cc1N(c1ccc2c(c1)C(C)(C)c1ccccc1-2)c1ccccc1-c1ccccc1. The molecule has 0 radical (unpaired) electrons. The van der Waals surface area contributed by atoms with E-state index >= 15 is 0 Å². The summed E-state index contributed by atoms with van der Waals surface area (Å²) in [6, 6.07) is 58.2. The van der Waals surface area contributed by atoms with Gasteiger partial charge in [0.05, 0.1) is 11.4 Å². The first-order chi connectivity index (χ1) is 23.2. The molecule has 1 nitrogen and oxygen atoms in total. The Bertz CT molecular complexity index is 2300. The van der Waals surface area contributed by atoms with Crippen molar-refractivity contribution in [1.29, 1.82) is 0 Å². The van der Waals surface area contributed by atoms with Crippen molar-refractivity contribution in [2.45, 2.75) is 45.4 Å². The first-order valence-electron chi connectivity index (χ1n) is 17.0. The highest BCUT2D eigenvalue weighted by Gasteiger charge is 2.36. The molecule has 7 aromatic rings. The lowest BCUT2D eigenvalue weighted by molar-refractivity contribution is 0.592. The predicted molar refractivity (Wildman–Crippen MR) is 206 cm³/mol. The van der Waals surface area contributed by atoms with Crippen LogP contribution < -0.4 is 4.90 Å². The molecule has 0 saturated heterocycles. The Morgan fingerprint density at radius 2 is 1.02 bits per heavy atom. The minimum Gasteiger partial charge on any atom is -0.309 e. The molecule has 0 fully saturated rings. The van der Waals surface area contributed by atoms with Crippen LogP contribution in [0.15, 0.2) is 158 Å². The molecule has 0 aromatic heterocycles. The third kappa shape index (κ3) is 4.93. The normalized spacial score (nSPS) is 13.3. The fourth-order valence-corrected chi connectivity index (χ4v) is 7.77. The van der Waals surface area contributed by atoms with Gasteiger partial charge >= 0.3 is 0 Å². The van der Waals surface area contributed by atoms with Crippen LogP contribution in [0.3, 0.4) is 0 Å². The summed E-state index contributed by atoms with van der Waals surface area (Å²) in [5, 5.41) is 2.46. The standard InChI is InChI=1S/C47H41N/c1-46(2,3)41-24-14-11-23-38(41)40-29-33-19-9-10-20-34(33)30-45(40)48(44-26-16-13-21-36(44)32-17-7-6-8-18-32)35-27-28-39-37-22-12-15-25-42(37)47(4,5)43(39)31-35/h6-31H,1-5H3. The monoisotopic (exact) mass is 619 g/mol. The molecule has 1 aliphatic rings. The van der Waals surface area contributed by atoms with E-state index in [1.165, 1.54) is 66.5 Å². The van der Waals surface area contributed by atoms with E-state index in [2.05, 4.69) is 197 Å². The molecular formula is C47H41N. The summed E-state index contributed by atoms with van der Waals surface area (Å²) in [4.78, 5) is 2.52. The molecule has 0 bridgehead atoms. The van der Waals surface area contributed by atoms with Gasteiger partial charge < -0.3 is 4.90 Å². The predicted octanol–water partition coefficient (Wildman–Crippen LogP) is 13.2. The molecule has 0 amide bonds. The van der Waals surface area contributed by atoms with Crippen molar-refractivity contribution in [2.75, 3.05) is 4.90 Å². The number of nitrogens with zero attached hydrogens (tertiary/aromatic N) is 1. The largest absolute Gasteiger partial charge is 0.309 e. The van der Waals surface area contributed by atoms with Crippen LogP contribution in [0.4, 0.5) is 17.1 Å². The third-order valence-corrected chi connectivity index (χ3v) is 10.2. The second kappa shape index (κ2) is 11.4. The van der Waals surface area contributed by atoms with E-state index < -0.39 is 0 Å². The van der Waals surface area contributed by atoms with E-state index in [0.717, 1.165) is 11.4 Å². The Morgan fingerprint density at radius 3 is 1.77 bits per heavy atom. The zero-order chi connectivity index (χ0) is 33.0. The molecule has 0 unspecified atom stereocenters. The van der Waals surface area contributed by atoms with Gasteiger partial charge in [0.1, 0.15) is 0 Å². The van der Waals surface area contributed by atoms with Crippen molar-refractivity contribution in [1.82, 2.24) is 0 Å². The number of anilines is 3. The van der Waals surface area contributed by atoms with E-state index in [9.17, 15) is 0 Å². The van der Waals surface area contributed by atoms with Gasteiger partial charge in [0.15, 0.2) is 0 Å². The van der Waals surface area contributed by atoms with Crippen molar-refractivity contribution in [3.63, 3.8) is 0 Å². The van der Waals surface area contributed by atoms with Crippen LogP contribution in [-0.2, 0) is 10.8 Å². The molecule has 0 spiro atoms. The average Bonchev–Trinajstić information content (AvgIpc) is 3.34. The number of fused-ring (bicyclic) bond motifs is 4. The Balaban J connectivity index is 1.46. The van der Waals surface area contributed by atoms with Crippen LogP contribution in [0.5, 0.6) is 0 Å². The van der Waals surface area contributed by atoms with Crippen LogP contribution in [0.25, 0.3) is 44.2 Å². The molecule has 234 valence electrons. The van der Waals surface area contributed by atoms with Gasteiger partial charge in [-0.25, -0.2) is 0 Å². The smallest absolute Gasteiger partial charge is 0.0546 e. The number of rotatable bonds is 5. The van der Waals surface area contributed by atoms with Gasteiger partial charge in [0.2, 0.25) is 0 Å². The maximum atomic E-state index is 2.52. The minimum absolute atomic E-state index is 0.0321. The van der Waals surface area contributed by atoms with Crippen LogP contribution in [0.2, 0.25) is 0 Å². The van der Waals surface area contributed by atoms with Crippen molar-refractivity contribution in [3.05, 3.63) is 174 Å². The number of benzene rings is 7. The highest BCUT2D eigenvalue weighted by atomic mass is 15.1. The number of para-hydroxylation sites is 1. The molecule has 8 rings (SSSR count). The molecule has 48 heavy (non-hydrogen) atoms. The quantitative estimate of drug-likeness (QED) is 0.185. The summed E-state index contributed by atoms with van der Waals surface area (Å²) < 4.78 is 0. The van der Waals surface area contributed by atoms with Crippen LogP contribution in [0, 0.1) is 0 Å². The van der Waals surface area contributed by atoms with Gasteiger partial charge in [0.25, 0.3) is 0 Å². The molecule has 0 N–H and O–H groups in total. The van der Waals surface area contributed by atoms with Gasteiger partial charge in [-0.2, -0.15) is 0 Å². The first kappa shape index (κ1) is 30.0. The molecule has 0 atom stereocenters. The summed E-state index contributed by atoms with van der Waals surface area (Å²) in [5.74, 6) is 0. The van der Waals surface area contributed by atoms with Crippen molar-refractivity contribution in [3.8, 4) is 33.4 Å². The Hall–Kier alpha value is -5.40. The van der Waals surface area contributed by atoms with Gasteiger partial charge in [-0.15, -0.1) is 0 Å². The van der Waals surface area contributed by atoms with E-state index in [0.29, 0.717) is 0 Å². The second-order valence-corrected chi connectivity index (χ2v) is 14.6. The van der Waals surface area contributed by atoms with E-state index in [4.69, 9.17) is 0 Å². The van der Waals surface area contributed by atoms with E-state index in [-0.39, 0.29) is 10.8 Å². The fraction of sp³-hybridized carbons (Fsp3) is 0.149. The molecule has 0 saturated carbocycles. The van der Waals surface area contributed by atoms with Crippen LogP contribution in [0.1, 0.15) is 51.3 Å². The fourth-order valence-electron chi connectivity index (χ4n) is 7.77. The molecule has 0 aliphatic heterocycles. The van der Waals surface area contributed by atoms with Crippen LogP contribution >= 0.6 is 0 Å².